The first kappa shape index (κ1) is 18.2. The monoisotopic (exact) mass is 365 g/mol. The molecule has 0 bridgehead atoms. The van der Waals surface area contributed by atoms with Gasteiger partial charge >= 0.3 is 0 Å². The molecule has 7 heteroatoms. The van der Waals surface area contributed by atoms with Crippen molar-refractivity contribution in [2.24, 2.45) is 0 Å². The lowest BCUT2D eigenvalue weighted by Crippen LogP contribution is -2.50. The Kier molecular flexibility index (Phi) is 5.96. The van der Waals surface area contributed by atoms with Crippen LogP contribution in [0.1, 0.15) is 16.9 Å². The number of likely N-dealkylation sites (N-methyl/N-ethyl adjacent to an activating group) is 1. The summed E-state index contributed by atoms with van der Waals surface area (Å²) in [6.45, 7) is 2.56. The molecule has 136 valence electrons. The normalized spacial score (nSPS) is 21.0. The Balaban J connectivity index is 1.65. The van der Waals surface area contributed by atoms with Crippen molar-refractivity contribution in [3.8, 4) is 0 Å². The highest BCUT2D eigenvalue weighted by Gasteiger charge is 2.28. The first-order valence-electron chi connectivity index (χ1n) is 8.47. The summed E-state index contributed by atoms with van der Waals surface area (Å²) in [7, 11) is 4.00. The van der Waals surface area contributed by atoms with Crippen molar-refractivity contribution in [3.63, 3.8) is 0 Å². The van der Waals surface area contributed by atoms with E-state index in [1.165, 1.54) is 0 Å². The lowest BCUT2D eigenvalue weighted by atomic mass is 10.1. The molecule has 0 aliphatic carbocycles. The van der Waals surface area contributed by atoms with Crippen LogP contribution in [0.2, 0.25) is 5.02 Å². The minimum atomic E-state index is -0.152. The number of benzene rings is 1. The maximum atomic E-state index is 12.6. The number of aromatic amines is 1. The number of hydrogen-bond acceptors (Lipinski definition) is 4. The molecule has 3 rings (SSSR count). The second-order valence-electron chi connectivity index (χ2n) is 6.54. The number of aromatic nitrogens is 1. The van der Waals surface area contributed by atoms with Gasteiger partial charge in [0.1, 0.15) is 11.8 Å². The molecule has 1 aliphatic rings. The number of H-pyrrole nitrogens is 1. The van der Waals surface area contributed by atoms with E-state index >= 15 is 0 Å². The van der Waals surface area contributed by atoms with E-state index < -0.39 is 0 Å². The third-order valence-electron chi connectivity index (χ3n) is 4.35. The molecule has 2 N–H and O–H groups in total. The second-order valence-corrected chi connectivity index (χ2v) is 6.95. The van der Waals surface area contributed by atoms with Gasteiger partial charge in [0.2, 0.25) is 0 Å². The molecular weight excluding hydrogens is 342 g/mol. The summed E-state index contributed by atoms with van der Waals surface area (Å²) in [4.78, 5) is 17.8. The molecule has 2 atom stereocenters. The number of hydrogen-bond donors (Lipinski definition) is 2. The molecule has 1 amide bonds. The molecular formula is C18H24ClN3O3. The van der Waals surface area contributed by atoms with Crippen molar-refractivity contribution >= 4 is 28.4 Å². The average Bonchev–Trinajstić information content (AvgIpc) is 3.02. The lowest BCUT2D eigenvalue weighted by molar-refractivity contribution is -0.0691. The first-order chi connectivity index (χ1) is 12.0. The highest BCUT2D eigenvalue weighted by atomic mass is 35.5. The van der Waals surface area contributed by atoms with Crippen LogP contribution in [0, 0.1) is 0 Å². The summed E-state index contributed by atoms with van der Waals surface area (Å²) < 4.78 is 11.4. The fourth-order valence-electron chi connectivity index (χ4n) is 2.91. The van der Waals surface area contributed by atoms with Crippen LogP contribution in [0.15, 0.2) is 24.3 Å². The number of nitrogens with zero attached hydrogens (tertiary/aromatic N) is 1. The van der Waals surface area contributed by atoms with Crippen molar-refractivity contribution in [1.29, 1.82) is 0 Å². The van der Waals surface area contributed by atoms with Crippen LogP contribution >= 0.6 is 11.6 Å². The van der Waals surface area contributed by atoms with Gasteiger partial charge in [-0.25, -0.2) is 0 Å². The number of rotatable bonds is 6. The number of amides is 1. The van der Waals surface area contributed by atoms with Gasteiger partial charge in [0.15, 0.2) is 0 Å². The van der Waals surface area contributed by atoms with E-state index in [0.29, 0.717) is 30.5 Å². The molecule has 0 radical (unpaired) electrons. The Hall–Kier alpha value is -1.60. The maximum Gasteiger partial charge on any atom is 0.268 e. The van der Waals surface area contributed by atoms with Crippen LogP contribution in [-0.4, -0.2) is 68.4 Å². The second kappa shape index (κ2) is 8.19. The van der Waals surface area contributed by atoms with Crippen LogP contribution in [-0.2, 0) is 9.47 Å². The fourth-order valence-corrected chi connectivity index (χ4v) is 3.14. The van der Waals surface area contributed by atoms with Crippen LogP contribution < -0.4 is 5.32 Å². The van der Waals surface area contributed by atoms with Gasteiger partial charge in [0, 0.05) is 29.1 Å². The quantitative estimate of drug-likeness (QED) is 0.824. The molecule has 2 heterocycles. The largest absolute Gasteiger partial charge is 0.379 e. The zero-order chi connectivity index (χ0) is 17.8. The van der Waals surface area contributed by atoms with Gasteiger partial charge in [-0.05, 0) is 38.7 Å². The van der Waals surface area contributed by atoms with Crippen LogP contribution in [0.5, 0.6) is 0 Å². The maximum absolute atomic E-state index is 12.6. The molecule has 1 fully saturated rings. The van der Waals surface area contributed by atoms with E-state index in [0.717, 1.165) is 23.9 Å². The predicted molar refractivity (Wildman–Crippen MR) is 98.3 cm³/mol. The predicted octanol–water partition coefficient (Wildman–Crippen LogP) is 2.29. The van der Waals surface area contributed by atoms with Gasteiger partial charge in [0.25, 0.3) is 5.91 Å². The Morgan fingerprint density at radius 3 is 3.08 bits per heavy atom. The standard InChI is InChI=1S/C18H24ClN3O3/c1-22(2)7-9-25-17-11-24-8-6-15(17)21-18(23)16-10-12-13(19)4-3-5-14(12)20-16/h3-5,10,15,17,20H,6-9,11H2,1-2H3,(H,21,23)/t15-,17-/m1/s1. The summed E-state index contributed by atoms with van der Waals surface area (Å²) >= 11 is 6.18. The number of carbonyl (C=O) groups excluding carboxylic acids is 1. The Bertz CT molecular complexity index is 731. The van der Waals surface area contributed by atoms with Gasteiger partial charge in [-0.15, -0.1) is 0 Å². The molecule has 25 heavy (non-hydrogen) atoms. The molecule has 1 aromatic carbocycles. The first-order valence-corrected chi connectivity index (χ1v) is 8.84. The van der Waals surface area contributed by atoms with Crippen LogP contribution in [0.4, 0.5) is 0 Å². The summed E-state index contributed by atoms with van der Waals surface area (Å²) in [6.07, 6.45) is 0.602. The highest BCUT2D eigenvalue weighted by molar-refractivity contribution is 6.35. The van der Waals surface area contributed by atoms with Crippen molar-refractivity contribution in [2.45, 2.75) is 18.6 Å². The summed E-state index contributed by atoms with van der Waals surface area (Å²) in [5, 5.41) is 4.55. The van der Waals surface area contributed by atoms with Crippen molar-refractivity contribution in [3.05, 3.63) is 35.0 Å². The number of halogens is 1. The van der Waals surface area contributed by atoms with E-state index in [1.54, 1.807) is 6.07 Å². The molecule has 0 saturated carbocycles. The Morgan fingerprint density at radius 1 is 1.48 bits per heavy atom. The third-order valence-corrected chi connectivity index (χ3v) is 4.68. The van der Waals surface area contributed by atoms with E-state index in [2.05, 4.69) is 15.2 Å². The van der Waals surface area contributed by atoms with E-state index in [9.17, 15) is 4.79 Å². The molecule has 0 unspecified atom stereocenters. The van der Waals surface area contributed by atoms with Gasteiger partial charge in [-0.2, -0.15) is 0 Å². The summed E-state index contributed by atoms with van der Waals surface area (Å²) in [5.41, 5.74) is 1.35. The SMILES string of the molecule is CN(C)CCO[C@@H]1COCC[C@H]1NC(=O)c1cc2c(Cl)cccc2[nH]1. The van der Waals surface area contributed by atoms with E-state index in [-0.39, 0.29) is 18.1 Å². The van der Waals surface area contributed by atoms with Crippen LogP contribution in [0.3, 0.4) is 0 Å². The highest BCUT2D eigenvalue weighted by Crippen LogP contribution is 2.24. The minimum Gasteiger partial charge on any atom is -0.379 e. The molecule has 1 aliphatic heterocycles. The van der Waals surface area contributed by atoms with E-state index in [1.807, 2.05) is 32.3 Å². The van der Waals surface area contributed by atoms with Gasteiger partial charge < -0.3 is 24.7 Å². The number of carbonyl (C=O) groups is 1. The smallest absolute Gasteiger partial charge is 0.268 e. The van der Waals surface area contributed by atoms with Gasteiger partial charge in [-0.3, -0.25) is 4.79 Å². The molecule has 0 spiro atoms. The average molecular weight is 366 g/mol. The van der Waals surface area contributed by atoms with Gasteiger partial charge in [-0.1, -0.05) is 17.7 Å². The third kappa shape index (κ3) is 4.52. The fraction of sp³-hybridized carbons (Fsp3) is 0.500. The zero-order valence-corrected chi connectivity index (χ0v) is 15.3. The lowest BCUT2D eigenvalue weighted by Gasteiger charge is -2.32. The van der Waals surface area contributed by atoms with E-state index in [4.69, 9.17) is 21.1 Å². The van der Waals surface area contributed by atoms with Crippen LogP contribution in [0.25, 0.3) is 10.9 Å². The molecule has 1 saturated heterocycles. The Morgan fingerprint density at radius 2 is 2.32 bits per heavy atom. The summed E-state index contributed by atoms with van der Waals surface area (Å²) in [6, 6.07) is 7.29. The molecule has 1 aromatic heterocycles. The summed E-state index contributed by atoms with van der Waals surface area (Å²) in [5.74, 6) is -0.152. The minimum absolute atomic E-state index is 0.0645. The molecule has 6 nitrogen and oxygen atoms in total. The number of nitrogens with one attached hydrogen (secondary N) is 2. The van der Waals surface area contributed by atoms with Crippen molar-refractivity contribution < 1.29 is 14.3 Å². The van der Waals surface area contributed by atoms with Crippen molar-refractivity contribution in [2.75, 3.05) is 40.5 Å². The number of ether oxygens (including phenoxy) is 2. The molecule has 2 aromatic rings. The van der Waals surface area contributed by atoms with Gasteiger partial charge in [0.05, 0.1) is 19.3 Å². The topological polar surface area (TPSA) is 66.6 Å². The zero-order valence-electron chi connectivity index (χ0n) is 14.5. The number of fused-ring (bicyclic) bond motifs is 1. The Labute approximate surface area is 152 Å². The van der Waals surface area contributed by atoms with Crippen molar-refractivity contribution in [1.82, 2.24) is 15.2 Å².